The smallest absolute Gasteiger partial charge is 0.118 e. The van der Waals surface area contributed by atoms with Crippen molar-refractivity contribution in [2.45, 2.75) is 0 Å². The van der Waals surface area contributed by atoms with Gasteiger partial charge >= 0.3 is 0 Å². The minimum absolute atomic E-state index is 0.832. The quantitative estimate of drug-likeness (QED) is 0.712. The molecule has 2 nitrogen and oxygen atoms in total. The molecule has 2 rings (SSSR count). The van der Waals surface area contributed by atoms with Crippen molar-refractivity contribution in [3.05, 3.63) is 60.2 Å². The summed E-state index contributed by atoms with van der Waals surface area (Å²) in [6, 6.07) is 18.4. The number of para-hydroxylation sites is 1. The molecule has 1 radical (unpaired) electrons. The molecule has 0 atom stereocenters. The second-order valence-electron chi connectivity index (χ2n) is 3.28. The zero-order chi connectivity index (χ0) is 11.2. The van der Waals surface area contributed by atoms with E-state index < -0.39 is 0 Å². The summed E-state index contributed by atoms with van der Waals surface area (Å²) in [6.45, 7) is 0. The van der Waals surface area contributed by atoms with Crippen LogP contribution in [0, 0.1) is 6.07 Å². The van der Waals surface area contributed by atoms with Crippen LogP contribution in [-0.2, 0) is 0 Å². The molecule has 0 amide bonds. The van der Waals surface area contributed by atoms with Gasteiger partial charge in [-0.05, 0) is 35.9 Å². The van der Waals surface area contributed by atoms with E-state index in [1.807, 2.05) is 54.7 Å². The molecule has 0 aliphatic rings. The van der Waals surface area contributed by atoms with Crippen molar-refractivity contribution in [3.63, 3.8) is 0 Å². The van der Waals surface area contributed by atoms with Gasteiger partial charge in [0.15, 0.2) is 0 Å². The van der Waals surface area contributed by atoms with Gasteiger partial charge < -0.3 is 4.74 Å². The SMILES string of the molecule is COc1ccc(C=Nc2[c]cccc2)cc1. The van der Waals surface area contributed by atoms with Gasteiger partial charge in [0, 0.05) is 12.3 Å². The zero-order valence-corrected chi connectivity index (χ0v) is 9.05. The molecule has 0 N–H and O–H groups in total. The fourth-order valence-electron chi connectivity index (χ4n) is 1.30. The maximum Gasteiger partial charge on any atom is 0.118 e. The Morgan fingerprint density at radius 1 is 1.12 bits per heavy atom. The van der Waals surface area contributed by atoms with Crippen LogP contribution in [0.15, 0.2) is 53.5 Å². The summed E-state index contributed by atoms with van der Waals surface area (Å²) in [7, 11) is 1.65. The van der Waals surface area contributed by atoms with Crippen molar-refractivity contribution in [2.24, 2.45) is 4.99 Å². The minimum Gasteiger partial charge on any atom is -0.497 e. The largest absolute Gasteiger partial charge is 0.497 e. The van der Waals surface area contributed by atoms with Crippen LogP contribution in [0.3, 0.4) is 0 Å². The number of aliphatic imine (C=N–C) groups is 1. The molecule has 0 spiro atoms. The topological polar surface area (TPSA) is 21.6 Å². The third-order valence-corrected chi connectivity index (χ3v) is 2.16. The van der Waals surface area contributed by atoms with Crippen molar-refractivity contribution in [2.75, 3.05) is 7.11 Å². The highest BCUT2D eigenvalue weighted by molar-refractivity contribution is 5.81. The van der Waals surface area contributed by atoms with E-state index in [0.29, 0.717) is 0 Å². The summed E-state index contributed by atoms with van der Waals surface area (Å²) in [5.41, 5.74) is 1.87. The maximum atomic E-state index is 5.08. The van der Waals surface area contributed by atoms with E-state index in [4.69, 9.17) is 4.74 Å². The normalized spacial score (nSPS) is 10.6. The van der Waals surface area contributed by atoms with E-state index in [2.05, 4.69) is 11.1 Å². The lowest BCUT2D eigenvalue weighted by Gasteiger charge is -1.98. The summed E-state index contributed by atoms with van der Waals surface area (Å²) < 4.78 is 5.08. The van der Waals surface area contributed by atoms with Crippen LogP contribution in [0.5, 0.6) is 5.75 Å². The highest BCUT2D eigenvalue weighted by Crippen LogP contribution is 2.12. The first-order valence-electron chi connectivity index (χ1n) is 5.03. The zero-order valence-electron chi connectivity index (χ0n) is 9.05. The number of nitrogens with zero attached hydrogens (tertiary/aromatic N) is 1. The fraction of sp³-hybridized carbons (Fsp3) is 0.0714. The van der Waals surface area contributed by atoms with E-state index in [0.717, 1.165) is 17.0 Å². The first-order chi connectivity index (χ1) is 7.88. The highest BCUT2D eigenvalue weighted by Gasteiger charge is 1.91. The number of methoxy groups -OCH3 is 1. The van der Waals surface area contributed by atoms with Crippen molar-refractivity contribution in [1.82, 2.24) is 0 Å². The molecule has 0 aromatic heterocycles. The fourth-order valence-corrected chi connectivity index (χ4v) is 1.30. The molecule has 79 valence electrons. The molecular weight excluding hydrogens is 198 g/mol. The number of ether oxygens (including phenoxy) is 1. The molecular formula is C14H12NO. The minimum atomic E-state index is 0.832. The predicted octanol–water partition coefficient (Wildman–Crippen LogP) is 3.25. The van der Waals surface area contributed by atoms with Crippen LogP contribution in [0.1, 0.15) is 5.56 Å². The van der Waals surface area contributed by atoms with Crippen molar-refractivity contribution >= 4 is 11.9 Å². The molecule has 0 aliphatic carbocycles. The number of hydrogen-bond donors (Lipinski definition) is 0. The van der Waals surface area contributed by atoms with Crippen molar-refractivity contribution < 1.29 is 4.74 Å². The van der Waals surface area contributed by atoms with Crippen molar-refractivity contribution in [3.8, 4) is 5.75 Å². The van der Waals surface area contributed by atoms with Crippen LogP contribution in [-0.4, -0.2) is 13.3 Å². The van der Waals surface area contributed by atoms with E-state index in [1.165, 1.54) is 0 Å². The van der Waals surface area contributed by atoms with Crippen molar-refractivity contribution in [1.29, 1.82) is 0 Å². The third-order valence-electron chi connectivity index (χ3n) is 2.16. The Morgan fingerprint density at radius 3 is 2.56 bits per heavy atom. The highest BCUT2D eigenvalue weighted by atomic mass is 16.5. The van der Waals surface area contributed by atoms with Gasteiger partial charge in [0.05, 0.1) is 12.8 Å². The number of benzene rings is 2. The summed E-state index contributed by atoms with van der Waals surface area (Å²) in [5, 5.41) is 0. The molecule has 0 bridgehead atoms. The van der Waals surface area contributed by atoms with Gasteiger partial charge in [0.1, 0.15) is 5.75 Å². The second-order valence-corrected chi connectivity index (χ2v) is 3.28. The monoisotopic (exact) mass is 210 g/mol. The molecule has 0 saturated heterocycles. The first kappa shape index (κ1) is 10.4. The van der Waals surface area contributed by atoms with E-state index in [1.54, 1.807) is 7.11 Å². The molecule has 16 heavy (non-hydrogen) atoms. The van der Waals surface area contributed by atoms with Gasteiger partial charge in [0.2, 0.25) is 0 Å². The molecule has 0 fully saturated rings. The standard InChI is InChI=1S/C14H12NO/c1-16-14-9-7-12(8-10-14)11-15-13-5-3-2-4-6-13/h2-5,7-11H,1H3. The molecule has 0 unspecified atom stereocenters. The average molecular weight is 210 g/mol. The Kier molecular flexibility index (Phi) is 3.34. The first-order valence-corrected chi connectivity index (χ1v) is 5.03. The summed E-state index contributed by atoms with van der Waals surface area (Å²) in [6.07, 6.45) is 1.81. The Hall–Kier alpha value is -2.09. The maximum absolute atomic E-state index is 5.08. The van der Waals surface area contributed by atoms with Crippen LogP contribution in [0.25, 0.3) is 0 Å². The van der Waals surface area contributed by atoms with Gasteiger partial charge in [0.25, 0.3) is 0 Å². The van der Waals surface area contributed by atoms with Gasteiger partial charge in [-0.15, -0.1) is 0 Å². The number of hydrogen-bond acceptors (Lipinski definition) is 2. The van der Waals surface area contributed by atoms with Gasteiger partial charge in [-0.25, -0.2) is 0 Å². The molecule has 2 aromatic rings. The lowest BCUT2D eigenvalue weighted by Crippen LogP contribution is -1.84. The van der Waals surface area contributed by atoms with Crippen LogP contribution in [0.2, 0.25) is 0 Å². The molecule has 2 heteroatoms. The van der Waals surface area contributed by atoms with Crippen LogP contribution in [0.4, 0.5) is 5.69 Å². The molecule has 0 aliphatic heterocycles. The Bertz CT molecular complexity index is 460. The third kappa shape index (κ3) is 2.70. The summed E-state index contributed by atoms with van der Waals surface area (Å²) in [4.78, 5) is 4.31. The van der Waals surface area contributed by atoms with Crippen LogP contribution >= 0.6 is 0 Å². The molecule has 0 heterocycles. The Labute approximate surface area is 95.2 Å². The van der Waals surface area contributed by atoms with Crippen LogP contribution < -0.4 is 4.74 Å². The van der Waals surface area contributed by atoms with Gasteiger partial charge in [-0.1, -0.05) is 18.2 Å². The summed E-state index contributed by atoms with van der Waals surface area (Å²) in [5.74, 6) is 0.850. The van der Waals surface area contributed by atoms with E-state index >= 15 is 0 Å². The Balaban J connectivity index is 2.12. The van der Waals surface area contributed by atoms with Gasteiger partial charge in [-0.3, -0.25) is 4.99 Å². The molecule has 2 aromatic carbocycles. The second kappa shape index (κ2) is 5.12. The molecule has 0 saturated carbocycles. The predicted molar refractivity (Wildman–Crippen MR) is 65.5 cm³/mol. The Morgan fingerprint density at radius 2 is 1.94 bits per heavy atom. The average Bonchev–Trinajstić information content (AvgIpc) is 2.38. The van der Waals surface area contributed by atoms with E-state index in [-0.39, 0.29) is 0 Å². The lowest BCUT2D eigenvalue weighted by molar-refractivity contribution is 0.415. The lowest BCUT2D eigenvalue weighted by atomic mass is 10.2. The summed E-state index contributed by atoms with van der Waals surface area (Å²) >= 11 is 0. The number of rotatable bonds is 3. The van der Waals surface area contributed by atoms with E-state index in [9.17, 15) is 0 Å². The van der Waals surface area contributed by atoms with Gasteiger partial charge in [-0.2, -0.15) is 0 Å².